The number of aromatic nitrogens is 3. The fourth-order valence-corrected chi connectivity index (χ4v) is 2.64. The van der Waals surface area contributed by atoms with Crippen molar-refractivity contribution in [2.75, 3.05) is 11.9 Å². The fourth-order valence-electron chi connectivity index (χ4n) is 1.75. The van der Waals surface area contributed by atoms with Gasteiger partial charge in [0.05, 0.1) is 11.0 Å². The third-order valence-electron chi connectivity index (χ3n) is 2.51. The zero-order valence-corrected chi connectivity index (χ0v) is 12.8. The van der Waals surface area contributed by atoms with Crippen molar-refractivity contribution in [2.45, 2.75) is 31.0 Å². The van der Waals surface area contributed by atoms with E-state index in [0.717, 1.165) is 11.4 Å². The Morgan fingerprint density at radius 1 is 1.19 bits per heavy atom. The highest BCUT2D eigenvalue weighted by molar-refractivity contribution is 7.99. The molecule has 0 unspecified atom stereocenters. The molecule has 0 radical (unpaired) electrons. The molecule has 7 nitrogen and oxygen atoms in total. The highest BCUT2D eigenvalue weighted by atomic mass is 32.2. The average molecular weight is 305 g/mol. The van der Waals surface area contributed by atoms with E-state index in [2.05, 4.69) is 20.3 Å². The molecule has 2 rings (SSSR count). The van der Waals surface area contributed by atoms with Gasteiger partial charge < -0.3 is 5.32 Å². The highest BCUT2D eigenvalue weighted by Crippen LogP contribution is 2.28. The van der Waals surface area contributed by atoms with E-state index in [9.17, 15) is 10.1 Å². The van der Waals surface area contributed by atoms with Gasteiger partial charge >= 0.3 is 0 Å². The molecule has 21 heavy (non-hydrogen) atoms. The number of nitro groups is 1. The van der Waals surface area contributed by atoms with E-state index in [1.807, 2.05) is 26.8 Å². The quantitative estimate of drug-likeness (QED) is 0.515. The van der Waals surface area contributed by atoms with Crippen LogP contribution in [0.2, 0.25) is 0 Å². The molecule has 110 valence electrons. The van der Waals surface area contributed by atoms with Crippen molar-refractivity contribution >= 4 is 23.3 Å². The van der Waals surface area contributed by atoms with E-state index in [0.29, 0.717) is 22.5 Å². The van der Waals surface area contributed by atoms with Gasteiger partial charge in [0, 0.05) is 24.0 Å². The van der Waals surface area contributed by atoms with Crippen LogP contribution in [0.4, 0.5) is 11.5 Å². The second-order valence-electron chi connectivity index (χ2n) is 4.37. The largest absolute Gasteiger partial charge is 0.370 e. The molecular formula is C13H15N5O2S. The maximum absolute atomic E-state index is 11.0. The molecule has 0 spiro atoms. The smallest absolute Gasteiger partial charge is 0.275 e. The number of anilines is 1. The van der Waals surface area contributed by atoms with Gasteiger partial charge in [-0.2, -0.15) is 0 Å². The zero-order valence-electron chi connectivity index (χ0n) is 12.0. The molecule has 8 heteroatoms. The molecule has 0 bridgehead atoms. The van der Waals surface area contributed by atoms with E-state index in [-0.39, 0.29) is 5.69 Å². The molecule has 2 aromatic heterocycles. The number of nitrogens with zero attached hydrogens (tertiary/aromatic N) is 4. The summed E-state index contributed by atoms with van der Waals surface area (Å²) in [5, 5.41) is 15.0. The van der Waals surface area contributed by atoms with E-state index in [1.54, 1.807) is 0 Å². The fraction of sp³-hybridized carbons (Fsp3) is 0.308. The van der Waals surface area contributed by atoms with Crippen molar-refractivity contribution in [3.63, 3.8) is 0 Å². The van der Waals surface area contributed by atoms with Crippen molar-refractivity contribution in [3.05, 3.63) is 39.7 Å². The lowest BCUT2D eigenvalue weighted by Gasteiger charge is -2.06. The average Bonchev–Trinajstić information content (AvgIpc) is 2.37. The Hall–Kier alpha value is -2.22. The van der Waals surface area contributed by atoms with Crippen LogP contribution in [-0.2, 0) is 0 Å². The molecule has 0 aliphatic carbocycles. The summed E-state index contributed by atoms with van der Waals surface area (Å²) in [5.41, 5.74) is 1.69. The van der Waals surface area contributed by atoms with E-state index in [1.165, 1.54) is 23.9 Å². The van der Waals surface area contributed by atoms with Gasteiger partial charge in [-0.25, -0.2) is 15.0 Å². The van der Waals surface area contributed by atoms with Crippen LogP contribution in [-0.4, -0.2) is 26.4 Å². The number of hydrogen-bond acceptors (Lipinski definition) is 7. The molecule has 0 atom stereocenters. The molecule has 2 aromatic rings. The molecule has 0 aliphatic rings. The molecule has 0 fully saturated rings. The topological polar surface area (TPSA) is 93.8 Å². The van der Waals surface area contributed by atoms with Crippen LogP contribution in [0.25, 0.3) is 0 Å². The standard InChI is InChI=1S/C13H15N5O2S/c1-4-14-11-6-10(18(19)20)7-12(17-11)21-13-15-8(2)5-9(3)16-13/h5-7H,4H2,1-3H3,(H,14,17). The SMILES string of the molecule is CCNc1cc([N+](=O)[O-])cc(Sc2nc(C)cc(C)n2)n1. The summed E-state index contributed by atoms with van der Waals surface area (Å²) in [4.78, 5) is 23.5. The third kappa shape index (κ3) is 4.12. The van der Waals surface area contributed by atoms with Crippen molar-refractivity contribution in [1.82, 2.24) is 15.0 Å². The highest BCUT2D eigenvalue weighted by Gasteiger charge is 2.13. The van der Waals surface area contributed by atoms with Gasteiger partial charge in [0.25, 0.3) is 5.69 Å². The number of pyridine rings is 1. The van der Waals surface area contributed by atoms with E-state index in [4.69, 9.17) is 0 Å². The summed E-state index contributed by atoms with van der Waals surface area (Å²) >= 11 is 1.21. The van der Waals surface area contributed by atoms with Gasteiger partial charge in [-0.3, -0.25) is 10.1 Å². The Morgan fingerprint density at radius 2 is 1.86 bits per heavy atom. The van der Waals surface area contributed by atoms with Gasteiger partial charge in [-0.1, -0.05) is 0 Å². The Bertz CT molecular complexity index is 657. The molecular weight excluding hydrogens is 290 g/mol. The van der Waals surface area contributed by atoms with Gasteiger partial charge in [0.2, 0.25) is 0 Å². The minimum absolute atomic E-state index is 0.00664. The van der Waals surface area contributed by atoms with E-state index < -0.39 is 4.92 Å². The van der Waals surface area contributed by atoms with Gasteiger partial charge in [-0.15, -0.1) is 0 Å². The summed E-state index contributed by atoms with van der Waals surface area (Å²) in [5.74, 6) is 0.471. The number of hydrogen-bond donors (Lipinski definition) is 1. The third-order valence-corrected chi connectivity index (χ3v) is 3.30. The number of rotatable bonds is 5. The maximum atomic E-state index is 11.0. The molecule has 0 aliphatic heterocycles. The monoisotopic (exact) mass is 305 g/mol. The van der Waals surface area contributed by atoms with Gasteiger partial charge in [0.15, 0.2) is 5.16 Å². The summed E-state index contributed by atoms with van der Waals surface area (Å²) in [6, 6.07) is 4.71. The van der Waals surface area contributed by atoms with E-state index >= 15 is 0 Å². The van der Waals surface area contributed by atoms with Crippen LogP contribution in [0.3, 0.4) is 0 Å². The van der Waals surface area contributed by atoms with Crippen LogP contribution in [0.5, 0.6) is 0 Å². The summed E-state index contributed by atoms with van der Waals surface area (Å²) in [6.45, 7) is 6.30. The minimum atomic E-state index is -0.436. The Labute approximate surface area is 126 Å². The normalized spacial score (nSPS) is 10.4. The van der Waals surface area contributed by atoms with Crippen LogP contribution in [0, 0.1) is 24.0 Å². The Balaban J connectivity index is 2.35. The van der Waals surface area contributed by atoms with Crippen LogP contribution in [0.15, 0.2) is 28.4 Å². The van der Waals surface area contributed by atoms with Crippen LogP contribution < -0.4 is 5.32 Å². The first kappa shape index (κ1) is 15.2. The summed E-state index contributed by atoms with van der Waals surface area (Å²) in [7, 11) is 0. The number of aryl methyl sites for hydroxylation is 2. The van der Waals surface area contributed by atoms with Crippen LogP contribution >= 0.6 is 11.8 Å². The molecule has 0 aromatic carbocycles. The second kappa shape index (κ2) is 6.49. The van der Waals surface area contributed by atoms with Crippen molar-refractivity contribution in [2.24, 2.45) is 0 Å². The number of nitrogens with one attached hydrogen (secondary N) is 1. The summed E-state index contributed by atoms with van der Waals surface area (Å²) in [6.07, 6.45) is 0. The van der Waals surface area contributed by atoms with Crippen molar-refractivity contribution < 1.29 is 4.92 Å². The Morgan fingerprint density at radius 3 is 2.43 bits per heavy atom. The molecule has 0 saturated carbocycles. The van der Waals surface area contributed by atoms with Crippen molar-refractivity contribution in [3.8, 4) is 0 Å². The Kier molecular flexibility index (Phi) is 4.69. The lowest BCUT2D eigenvalue weighted by Crippen LogP contribution is -2.01. The molecule has 2 heterocycles. The van der Waals surface area contributed by atoms with Crippen LogP contribution in [0.1, 0.15) is 18.3 Å². The molecule has 0 amide bonds. The predicted molar refractivity (Wildman–Crippen MR) is 80.7 cm³/mol. The lowest BCUT2D eigenvalue weighted by atomic mass is 10.4. The minimum Gasteiger partial charge on any atom is -0.370 e. The molecule has 0 saturated heterocycles. The molecule has 1 N–H and O–H groups in total. The lowest BCUT2D eigenvalue weighted by molar-refractivity contribution is -0.385. The first-order valence-corrected chi connectivity index (χ1v) is 7.20. The zero-order chi connectivity index (χ0) is 15.4. The van der Waals surface area contributed by atoms with Gasteiger partial charge in [0.1, 0.15) is 10.8 Å². The second-order valence-corrected chi connectivity index (χ2v) is 5.36. The summed E-state index contributed by atoms with van der Waals surface area (Å²) < 4.78 is 0. The first-order valence-electron chi connectivity index (χ1n) is 6.38. The predicted octanol–water partition coefficient (Wildman–Crippen LogP) is 2.98. The van der Waals surface area contributed by atoms with Crippen molar-refractivity contribution in [1.29, 1.82) is 0 Å². The first-order chi connectivity index (χ1) is 9.97. The van der Waals surface area contributed by atoms with Gasteiger partial charge in [-0.05, 0) is 38.6 Å². The maximum Gasteiger partial charge on any atom is 0.275 e.